The molecule has 2 heterocycles. The number of aromatic amines is 2. The van der Waals surface area contributed by atoms with Crippen LogP contribution in [0.1, 0.15) is 34.0 Å². The van der Waals surface area contributed by atoms with Crippen molar-refractivity contribution in [3.05, 3.63) is 73.0 Å². The van der Waals surface area contributed by atoms with Crippen molar-refractivity contribution in [1.82, 2.24) is 9.97 Å². The predicted octanol–water partition coefficient (Wildman–Crippen LogP) is 6.56. The lowest BCUT2D eigenvalue weighted by Crippen LogP contribution is -2.07. The molecule has 1 aromatic carbocycles. The highest BCUT2D eigenvalue weighted by molar-refractivity contribution is 14.1. The zero-order valence-electron chi connectivity index (χ0n) is 12.5. The van der Waals surface area contributed by atoms with Crippen LogP contribution < -0.4 is 0 Å². The summed E-state index contributed by atoms with van der Waals surface area (Å²) < 4.78 is 5.05. The molecule has 0 aliphatic rings. The highest BCUT2D eigenvalue weighted by Crippen LogP contribution is 2.38. The quantitative estimate of drug-likeness (QED) is 0.285. The molecule has 0 saturated carbocycles. The Labute approximate surface area is 190 Å². The molecule has 0 atom stereocenters. The second-order valence-corrected chi connectivity index (χ2v) is 9.74. The third kappa shape index (κ3) is 3.50. The van der Waals surface area contributed by atoms with Crippen LogP contribution in [0.5, 0.6) is 0 Å². The van der Waals surface area contributed by atoms with E-state index in [1.54, 1.807) is 0 Å². The summed E-state index contributed by atoms with van der Waals surface area (Å²) in [5.41, 5.74) is 6.54. The first-order chi connectivity index (χ1) is 10.9. The van der Waals surface area contributed by atoms with Gasteiger partial charge < -0.3 is 9.97 Å². The van der Waals surface area contributed by atoms with Crippen LogP contribution in [0.3, 0.4) is 0 Å². The largest absolute Gasteiger partial charge is 0.352 e. The highest BCUT2D eigenvalue weighted by Gasteiger charge is 2.26. The van der Waals surface area contributed by atoms with Crippen molar-refractivity contribution in [2.75, 3.05) is 0 Å². The Morgan fingerprint density at radius 3 is 1.52 bits per heavy atom. The first kappa shape index (κ1) is 18.5. The summed E-state index contributed by atoms with van der Waals surface area (Å²) >= 11 is 9.64. The molecule has 3 rings (SSSR count). The number of nitrogens with one attached hydrogen (secondary N) is 2. The maximum absolute atomic E-state index is 3.62. The Morgan fingerprint density at radius 2 is 1.17 bits per heavy atom. The third-order valence-corrected chi connectivity index (χ3v) is 10.4. The normalized spacial score (nSPS) is 11.4. The number of hydrogen-bond donors (Lipinski definition) is 2. The second-order valence-electron chi connectivity index (χ2n) is 5.43. The van der Waals surface area contributed by atoms with Crippen LogP contribution >= 0.6 is 90.4 Å². The average molecular weight is 754 g/mol. The van der Waals surface area contributed by atoms with Crippen LogP contribution in [-0.2, 0) is 0 Å². The first-order valence-electron chi connectivity index (χ1n) is 7.03. The van der Waals surface area contributed by atoms with E-state index in [1.165, 1.54) is 42.6 Å². The fourth-order valence-electron chi connectivity index (χ4n) is 2.80. The average Bonchev–Trinajstić information content (AvgIpc) is 2.95. The van der Waals surface area contributed by atoms with Crippen LogP contribution in [-0.4, -0.2) is 9.97 Å². The van der Waals surface area contributed by atoms with Crippen LogP contribution in [0.4, 0.5) is 0 Å². The Morgan fingerprint density at radius 1 is 0.739 bits per heavy atom. The van der Waals surface area contributed by atoms with Gasteiger partial charge in [0.25, 0.3) is 0 Å². The van der Waals surface area contributed by atoms with Crippen molar-refractivity contribution in [2.45, 2.75) is 19.8 Å². The van der Waals surface area contributed by atoms with Gasteiger partial charge in [-0.05, 0) is 121 Å². The molecule has 0 radical (unpaired) electrons. The molecule has 120 valence electrons. The van der Waals surface area contributed by atoms with Crippen molar-refractivity contribution in [2.24, 2.45) is 0 Å². The van der Waals surface area contributed by atoms with Gasteiger partial charge in [-0.1, -0.05) is 30.3 Å². The van der Waals surface area contributed by atoms with E-state index >= 15 is 0 Å². The van der Waals surface area contributed by atoms with E-state index in [1.807, 2.05) is 0 Å². The molecular formula is C17H14I4N2. The molecule has 3 aromatic rings. The van der Waals surface area contributed by atoms with Crippen LogP contribution in [0.15, 0.2) is 30.3 Å². The van der Waals surface area contributed by atoms with E-state index in [-0.39, 0.29) is 5.92 Å². The molecule has 2 aromatic heterocycles. The summed E-state index contributed by atoms with van der Waals surface area (Å²) in [6.45, 7) is 4.42. The lowest BCUT2D eigenvalue weighted by molar-refractivity contribution is 0.873. The van der Waals surface area contributed by atoms with E-state index in [0.29, 0.717) is 0 Å². The summed E-state index contributed by atoms with van der Waals surface area (Å²) in [7, 11) is 0. The molecule has 2 nitrogen and oxygen atoms in total. The van der Waals surface area contributed by atoms with Gasteiger partial charge in [-0.15, -0.1) is 0 Å². The van der Waals surface area contributed by atoms with Crippen LogP contribution in [0, 0.1) is 28.4 Å². The Bertz CT molecular complexity index is 797. The van der Waals surface area contributed by atoms with Gasteiger partial charge in [-0.2, -0.15) is 0 Å². The van der Waals surface area contributed by atoms with Gasteiger partial charge >= 0.3 is 0 Å². The van der Waals surface area contributed by atoms with Gasteiger partial charge in [0.15, 0.2) is 0 Å². The van der Waals surface area contributed by atoms with Gasteiger partial charge in [0, 0.05) is 18.5 Å². The fraction of sp³-hybridized carbons (Fsp3) is 0.176. The molecule has 0 fully saturated rings. The third-order valence-electron chi connectivity index (χ3n) is 4.05. The number of H-pyrrole nitrogens is 2. The van der Waals surface area contributed by atoms with Crippen LogP contribution in [0.25, 0.3) is 0 Å². The minimum Gasteiger partial charge on any atom is -0.352 e. The van der Waals surface area contributed by atoms with Gasteiger partial charge in [-0.3, -0.25) is 0 Å². The van der Waals surface area contributed by atoms with Crippen molar-refractivity contribution >= 4 is 90.4 Å². The predicted molar refractivity (Wildman–Crippen MR) is 129 cm³/mol. The van der Waals surface area contributed by atoms with E-state index in [9.17, 15) is 0 Å². The van der Waals surface area contributed by atoms with Crippen LogP contribution in [0.2, 0.25) is 0 Å². The zero-order chi connectivity index (χ0) is 16.7. The summed E-state index contributed by atoms with van der Waals surface area (Å²) in [6.07, 6.45) is 0. The minimum absolute atomic E-state index is 0.199. The monoisotopic (exact) mass is 754 g/mol. The first-order valence-corrected chi connectivity index (χ1v) is 11.3. The number of aromatic nitrogens is 2. The molecular weight excluding hydrogens is 740 g/mol. The molecule has 23 heavy (non-hydrogen) atoms. The molecule has 0 bridgehead atoms. The molecule has 6 heteroatoms. The van der Waals surface area contributed by atoms with Gasteiger partial charge in [0.05, 0.1) is 13.3 Å². The molecule has 0 unspecified atom stereocenters. The Kier molecular flexibility index (Phi) is 6.05. The van der Waals surface area contributed by atoms with E-state index in [2.05, 4.69) is 145 Å². The molecule has 2 N–H and O–H groups in total. The number of halogens is 4. The molecule has 0 spiro atoms. The van der Waals surface area contributed by atoms with Gasteiger partial charge in [0.1, 0.15) is 0 Å². The Hall–Kier alpha value is 0.700. The SMILES string of the molecule is Cc1c(C(c2ccccc2)c2[nH]c(I)c(I)c2C)[nH]c(I)c1I. The molecule has 0 amide bonds. The fourth-order valence-corrected chi connectivity index (χ4v) is 5.04. The topological polar surface area (TPSA) is 31.6 Å². The van der Waals surface area contributed by atoms with Crippen molar-refractivity contribution in [3.8, 4) is 0 Å². The van der Waals surface area contributed by atoms with Crippen molar-refractivity contribution < 1.29 is 0 Å². The summed E-state index contributed by atoms with van der Waals surface area (Å²) in [5, 5.41) is 0. The Balaban J connectivity index is 2.27. The summed E-state index contributed by atoms with van der Waals surface area (Å²) in [5.74, 6) is 0.199. The number of hydrogen-bond acceptors (Lipinski definition) is 0. The van der Waals surface area contributed by atoms with E-state index in [4.69, 9.17) is 0 Å². The highest BCUT2D eigenvalue weighted by atomic mass is 127. The van der Waals surface area contributed by atoms with Crippen molar-refractivity contribution in [1.29, 1.82) is 0 Å². The van der Waals surface area contributed by atoms with E-state index < -0.39 is 0 Å². The van der Waals surface area contributed by atoms with Gasteiger partial charge in [0.2, 0.25) is 0 Å². The summed E-state index contributed by atoms with van der Waals surface area (Å²) in [4.78, 5) is 7.24. The number of benzene rings is 1. The number of rotatable bonds is 3. The van der Waals surface area contributed by atoms with E-state index in [0.717, 1.165) is 0 Å². The standard InChI is InChI=1S/C17H14I4N2/c1-8-12(18)16(20)22-14(8)11(10-6-4-3-5-7-10)15-9(2)13(19)17(21)23-15/h3-7,11,22-23H,1-2H3. The van der Waals surface area contributed by atoms with Crippen molar-refractivity contribution in [3.63, 3.8) is 0 Å². The smallest absolute Gasteiger partial charge is 0.0912 e. The lowest BCUT2D eigenvalue weighted by Gasteiger charge is -2.18. The lowest BCUT2D eigenvalue weighted by atomic mass is 9.89. The molecule has 0 saturated heterocycles. The van der Waals surface area contributed by atoms with Gasteiger partial charge in [-0.25, -0.2) is 0 Å². The summed E-state index contributed by atoms with van der Waals surface area (Å²) in [6, 6.07) is 10.7. The molecule has 0 aliphatic carbocycles. The second kappa shape index (κ2) is 7.52. The zero-order valence-corrected chi connectivity index (χ0v) is 21.1. The maximum Gasteiger partial charge on any atom is 0.0912 e. The maximum atomic E-state index is 3.62. The minimum atomic E-state index is 0.199. The molecule has 0 aliphatic heterocycles.